The van der Waals surface area contributed by atoms with Gasteiger partial charge in [0.1, 0.15) is 0 Å². The largest absolute Gasteiger partial charge is 0.319 e. The van der Waals surface area contributed by atoms with E-state index in [1.165, 1.54) is 0 Å². The van der Waals surface area contributed by atoms with Crippen LogP contribution in [0.15, 0.2) is 24.4 Å². The Kier molecular flexibility index (Phi) is 2.94. The molecule has 2 N–H and O–H groups in total. The summed E-state index contributed by atoms with van der Waals surface area (Å²) < 4.78 is 1.65. The van der Waals surface area contributed by atoms with E-state index in [4.69, 9.17) is 17.3 Å². The molecule has 1 aromatic carbocycles. The maximum Gasteiger partial charge on any atom is 0.0797 e. The van der Waals surface area contributed by atoms with Gasteiger partial charge in [0, 0.05) is 12.1 Å². The third kappa shape index (κ3) is 1.94. The Hall–Kier alpha value is -1.39. The van der Waals surface area contributed by atoms with E-state index >= 15 is 0 Å². The maximum atomic E-state index is 6.16. The van der Waals surface area contributed by atoms with Crippen LogP contribution in [0.2, 0.25) is 5.02 Å². The van der Waals surface area contributed by atoms with Gasteiger partial charge in [-0.05, 0) is 24.1 Å². The third-order valence-corrected chi connectivity index (χ3v) is 2.89. The summed E-state index contributed by atoms with van der Waals surface area (Å²) in [5.74, 6) is 0. The molecule has 0 radical (unpaired) electrons. The third-order valence-electron chi connectivity index (χ3n) is 2.56. The van der Waals surface area contributed by atoms with E-state index in [1.54, 1.807) is 10.9 Å². The lowest BCUT2D eigenvalue weighted by Gasteiger charge is -2.13. The average Bonchev–Trinajstić information content (AvgIpc) is 2.63. The fourth-order valence-electron chi connectivity index (χ4n) is 1.62. The van der Waals surface area contributed by atoms with Crippen LogP contribution in [0.25, 0.3) is 0 Å². The lowest BCUT2D eigenvalue weighted by Crippen LogP contribution is -2.16. The van der Waals surface area contributed by atoms with Crippen molar-refractivity contribution in [1.82, 2.24) is 15.0 Å². The number of aromatic nitrogens is 3. The molecule has 4 nitrogen and oxygen atoms in total. The molecule has 5 heteroatoms. The fraction of sp³-hybridized carbons (Fsp3) is 0.273. The van der Waals surface area contributed by atoms with Gasteiger partial charge in [-0.25, -0.2) is 0 Å². The van der Waals surface area contributed by atoms with Gasteiger partial charge in [0.2, 0.25) is 0 Å². The van der Waals surface area contributed by atoms with Crippen LogP contribution < -0.4 is 5.73 Å². The zero-order chi connectivity index (χ0) is 11.7. The summed E-state index contributed by atoms with van der Waals surface area (Å²) in [6, 6.07) is 5.54. The first-order chi connectivity index (χ1) is 7.59. The first-order valence-electron chi connectivity index (χ1n) is 4.96. The Morgan fingerprint density at radius 2 is 2.19 bits per heavy atom. The van der Waals surface area contributed by atoms with E-state index < -0.39 is 0 Å². The highest BCUT2D eigenvalue weighted by molar-refractivity contribution is 6.31. The van der Waals surface area contributed by atoms with Gasteiger partial charge in [-0.1, -0.05) is 28.9 Å². The molecule has 1 atom stereocenters. The molecule has 16 heavy (non-hydrogen) atoms. The van der Waals surface area contributed by atoms with E-state index in [-0.39, 0.29) is 6.04 Å². The molecule has 0 saturated heterocycles. The highest BCUT2D eigenvalue weighted by Crippen LogP contribution is 2.26. The summed E-state index contributed by atoms with van der Waals surface area (Å²) in [6.07, 6.45) is 1.65. The summed E-state index contributed by atoms with van der Waals surface area (Å²) in [6.45, 7) is 1.99. The Morgan fingerprint density at radius 3 is 2.75 bits per heavy atom. The number of hydrogen-bond acceptors (Lipinski definition) is 3. The van der Waals surface area contributed by atoms with Crippen LogP contribution in [0.1, 0.15) is 22.9 Å². The van der Waals surface area contributed by atoms with E-state index in [0.29, 0.717) is 5.02 Å². The highest BCUT2D eigenvalue weighted by Gasteiger charge is 2.15. The van der Waals surface area contributed by atoms with Crippen LogP contribution in [0, 0.1) is 6.92 Å². The van der Waals surface area contributed by atoms with Gasteiger partial charge in [-0.2, -0.15) is 0 Å². The summed E-state index contributed by atoms with van der Waals surface area (Å²) in [5.41, 5.74) is 8.97. The molecule has 0 aliphatic rings. The van der Waals surface area contributed by atoms with Crippen molar-refractivity contribution in [1.29, 1.82) is 0 Å². The SMILES string of the molecule is Cc1ccc(C(N)c2cnnn2C)c(Cl)c1. The molecule has 2 rings (SSSR count). The zero-order valence-electron chi connectivity index (χ0n) is 9.18. The highest BCUT2D eigenvalue weighted by atomic mass is 35.5. The van der Waals surface area contributed by atoms with Crippen molar-refractivity contribution in [3.05, 3.63) is 46.2 Å². The lowest BCUT2D eigenvalue weighted by atomic mass is 10.0. The molecular weight excluding hydrogens is 224 g/mol. The molecule has 0 spiro atoms. The van der Waals surface area contributed by atoms with Gasteiger partial charge in [0.25, 0.3) is 0 Å². The van der Waals surface area contributed by atoms with Gasteiger partial charge in [-0.15, -0.1) is 5.10 Å². The van der Waals surface area contributed by atoms with Gasteiger partial charge in [0.05, 0.1) is 17.9 Å². The predicted octanol–water partition coefficient (Wildman–Crippen LogP) is 1.83. The molecular formula is C11H13ClN4. The van der Waals surface area contributed by atoms with Crippen LogP contribution in [0.4, 0.5) is 0 Å². The minimum Gasteiger partial charge on any atom is -0.319 e. The van der Waals surface area contributed by atoms with Crippen molar-refractivity contribution in [3.8, 4) is 0 Å². The van der Waals surface area contributed by atoms with Gasteiger partial charge < -0.3 is 5.73 Å². The summed E-state index contributed by atoms with van der Waals surface area (Å²) in [7, 11) is 1.81. The molecule has 1 aromatic heterocycles. The van der Waals surface area contributed by atoms with E-state index in [2.05, 4.69) is 10.3 Å². The number of hydrogen-bond donors (Lipinski definition) is 1. The topological polar surface area (TPSA) is 56.7 Å². The monoisotopic (exact) mass is 236 g/mol. The number of nitrogens with zero attached hydrogens (tertiary/aromatic N) is 3. The quantitative estimate of drug-likeness (QED) is 0.866. The minimum absolute atomic E-state index is 0.298. The van der Waals surface area contributed by atoms with E-state index in [9.17, 15) is 0 Å². The Balaban J connectivity index is 2.41. The normalized spacial score (nSPS) is 12.8. The van der Waals surface area contributed by atoms with Crippen molar-refractivity contribution in [2.45, 2.75) is 13.0 Å². The average molecular weight is 237 g/mol. The van der Waals surface area contributed by atoms with Crippen molar-refractivity contribution < 1.29 is 0 Å². The van der Waals surface area contributed by atoms with Crippen LogP contribution in [-0.2, 0) is 7.05 Å². The van der Waals surface area contributed by atoms with Crippen molar-refractivity contribution in [2.75, 3.05) is 0 Å². The number of benzene rings is 1. The number of aryl methyl sites for hydroxylation is 2. The predicted molar refractivity (Wildman–Crippen MR) is 63.2 cm³/mol. The smallest absolute Gasteiger partial charge is 0.0797 e. The van der Waals surface area contributed by atoms with Crippen LogP contribution >= 0.6 is 11.6 Å². The molecule has 1 unspecified atom stereocenters. The molecule has 0 fully saturated rings. The van der Waals surface area contributed by atoms with Gasteiger partial charge >= 0.3 is 0 Å². The molecule has 84 valence electrons. The molecule has 0 aliphatic heterocycles. The Bertz CT molecular complexity index is 506. The van der Waals surface area contributed by atoms with Crippen LogP contribution in [0.5, 0.6) is 0 Å². The Morgan fingerprint density at radius 1 is 1.44 bits per heavy atom. The second kappa shape index (κ2) is 4.23. The van der Waals surface area contributed by atoms with Crippen molar-refractivity contribution >= 4 is 11.6 Å². The molecule has 0 saturated carbocycles. The molecule has 0 amide bonds. The van der Waals surface area contributed by atoms with Crippen LogP contribution in [-0.4, -0.2) is 15.0 Å². The van der Waals surface area contributed by atoms with Crippen LogP contribution in [0.3, 0.4) is 0 Å². The van der Waals surface area contributed by atoms with Crippen molar-refractivity contribution in [2.24, 2.45) is 12.8 Å². The lowest BCUT2D eigenvalue weighted by molar-refractivity contribution is 0.651. The van der Waals surface area contributed by atoms with E-state index in [1.807, 2.05) is 32.2 Å². The summed E-state index contributed by atoms with van der Waals surface area (Å²) in [5, 5.41) is 8.33. The molecule has 0 bridgehead atoms. The van der Waals surface area contributed by atoms with Gasteiger partial charge in [-0.3, -0.25) is 4.68 Å². The molecule has 0 aliphatic carbocycles. The van der Waals surface area contributed by atoms with Gasteiger partial charge in [0.15, 0.2) is 0 Å². The first-order valence-corrected chi connectivity index (χ1v) is 5.33. The first kappa shape index (κ1) is 11.1. The standard InChI is InChI=1S/C11H13ClN4/c1-7-3-4-8(9(12)5-7)11(13)10-6-14-15-16(10)2/h3-6,11H,13H2,1-2H3. The number of halogens is 1. The summed E-state index contributed by atoms with van der Waals surface area (Å²) in [4.78, 5) is 0. The second-order valence-corrected chi connectivity index (χ2v) is 4.19. The number of rotatable bonds is 2. The zero-order valence-corrected chi connectivity index (χ0v) is 9.94. The fourth-order valence-corrected chi connectivity index (χ4v) is 1.98. The minimum atomic E-state index is -0.298. The molecule has 2 aromatic rings. The maximum absolute atomic E-state index is 6.16. The molecule has 1 heterocycles. The summed E-state index contributed by atoms with van der Waals surface area (Å²) >= 11 is 6.16. The van der Waals surface area contributed by atoms with Crippen molar-refractivity contribution in [3.63, 3.8) is 0 Å². The second-order valence-electron chi connectivity index (χ2n) is 3.79. The Labute approximate surface area is 99.0 Å². The number of nitrogens with two attached hydrogens (primary N) is 1. The van der Waals surface area contributed by atoms with E-state index in [0.717, 1.165) is 16.8 Å².